The van der Waals surface area contributed by atoms with Gasteiger partial charge in [0.25, 0.3) is 0 Å². The molecule has 2 aromatic rings. The van der Waals surface area contributed by atoms with Gasteiger partial charge in [0.2, 0.25) is 0 Å². The maximum Gasteiger partial charge on any atom is 0.108 e. The SMILES string of the molecule is C=c1cc(-c2ccc(/C=C(\C#N)SN)s2)cc/c1=C/C(=CC)N(CC)CC. The lowest BCUT2D eigenvalue weighted by molar-refractivity contribution is 0.399. The highest BCUT2D eigenvalue weighted by atomic mass is 32.2. The van der Waals surface area contributed by atoms with E-state index >= 15 is 0 Å². The van der Waals surface area contributed by atoms with Gasteiger partial charge >= 0.3 is 0 Å². The third-order valence-corrected chi connectivity index (χ3v) is 5.84. The van der Waals surface area contributed by atoms with E-state index in [-0.39, 0.29) is 0 Å². The predicted octanol–water partition coefficient (Wildman–Crippen LogP) is 4.32. The van der Waals surface area contributed by atoms with E-state index in [2.05, 4.69) is 74.7 Å². The highest BCUT2D eigenvalue weighted by Gasteiger charge is 2.04. The van der Waals surface area contributed by atoms with Crippen LogP contribution in [0.4, 0.5) is 0 Å². The molecule has 140 valence electrons. The average molecular weight is 396 g/mol. The Hall–Kier alpha value is -2.26. The fraction of sp³-hybridized carbons (Fsp3) is 0.227. The van der Waals surface area contributed by atoms with E-state index in [1.807, 2.05) is 12.1 Å². The van der Waals surface area contributed by atoms with Crippen LogP contribution in [0.2, 0.25) is 0 Å². The normalized spacial score (nSPS) is 12.9. The molecule has 0 unspecified atom stereocenters. The third-order valence-electron chi connectivity index (χ3n) is 4.29. The smallest absolute Gasteiger partial charge is 0.108 e. The number of thiophene rings is 1. The van der Waals surface area contributed by atoms with Gasteiger partial charge in [-0.25, -0.2) is 0 Å². The van der Waals surface area contributed by atoms with Crippen LogP contribution in [0.3, 0.4) is 0 Å². The zero-order valence-electron chi connectivity index (χ0n) is 16.0. The number of nitriles is 1. The van der Waals surface area contributed by atoms with Crippen LogP contribution < -0.4 is 15.6 Å². The van der Waals surface area contributed by atoms with Crippen LogP contribution in [0.25, 0.3) is 29.2 Å². The van der Waals surface area contributed by atoms with Gasteiger partial charge in [0.15, 0.2) is 0 Å². The summed E-state index contributed by atoms with van der Waals surface area (Å²) in [5, 5.41) is 16.6. The molecule has 0 saturated carbocycles. The van der Waals surface area contributed by atoms with E-state index in [9.17, 15) is 0 Å². The van der Waals surface area contributed by atoms with Crippen molar-refractivity contribution < 1.29 is 0 Å². The van der Waals surface area contributed by atoms with E-state index in [0.29, 0.717) is 4.91 Å². The Morgan fingerprint density at radius 2 is 2.04 bits per heavy atom. The molecule has 1 heterocycles. The Morgan fingerprint density at radius 1 is 1.30 bits per heavy atom. The van der Waals surface area contributed by atoms with Gasteiger partial charge in [0, 0.05) is 28.5 Å². The lowest BCUT2D eigenvalue weighted by Crippen LogP contribution is -2.27. The number of benzene rings is 1. The topological polar surface area (TPSA) is 53.1 Å². The summed E-state index contributed by atoms with van der Waals surface area (Å²) in [6.45, 7) is 12.6. The zero-order valence-corrected chi connectivity index (χ0v) is 17.7. The van der Waals surface area contributed by atoms with Gasteiger partial charge in [-0.2, -0.15) is 5.26 Å². The average Bonchev–Trinajstić information content (AvgIpc) is 3.15. The minimum atomic E-state index is 0.501. The lowest BCUT2D eigenvalue weighted by Gasteiger charge is -2.21. The number of nitrogens with zero attached hydrogens (tertiary/aromatic N) is 2. The minimum absolute atomic E-state index is 0.501. The van der Waals surface area contributed by atoms with Crippen molar-refractivity contribution in [2.24, 2.45) is 5.14 Å². The molecule has 0 aliphatic carbocycles. The Kier molecular flexibility index (Phi) is 7.93. The maximum atomic E-state index is 9.01. The molecule has 5 heteroatoms. The van der Waals surface area contributed by atoms with Gasteiger partial charge in [-0.1, -0.05) is 24.8 Å². The Labute approximate surface area is 170 Å². The van der Waals surface area contributed by atoms with Gasteiger partial charge in [-0.3, -0.25) is 5.14 Å². The third kappa shape index (κ3) is 5.36. The number of hydrogen-bond acceptors (Lipinski definition) is 5. The van der Waals surface area contributed by atoms with Crippen molar-refractivity contribution in [2.75, 3.05) is 13.1 Å². The lowest BCUT2D eigenvalue weighted by atomic mass is 10.1. The minimum Gasteiger partial charge on any atom is -0.372 e. The summed E-state index contributed by atoms with van der Waals surface area (Å²) < 4.78 is 0. The van der Waals surface area contributed by atoms with Crippen molar-refractivity contribution in [3.8, 4) is 16.5 Å². The van der Waals surface area contributed by atoms with Crippen molar-refractivity contribution in [2.45, 2.75) is 20.8 Å². The summed E-state index contributed by atoms with van der Waals surface area (Å²) in [4.78, 5) is 4.99. The highest BCUT2D eigenvalue weighted by Crippen LogP contribution is 2.29. The molecule has 0 saturated heterocycles. The van der Waals surface area contributed by atoms with Crippen LogP contribution >= 0.6 is 23.3 Å². The standard InChI is InChI=1S/C22H25N3S2/c1-5-19(25(6-2)7-3)13-17-8-9-18(12-16(17)4)22-11-10-20(26-22)14-21(15-23)27-24/h5,8-14H,4,6-7,24H2,1-3H3/b17-13-,19-5?,21-14+. The highest BCUT2D eigenvalue weighted by molar-refractivity contribution is 8.01. The van der Waals surface area contributed by atoms with Crippen molar-refractivity contribution in [3.63, 3.8) is 0 Å². The van der Waals surface area contributed by atoms with Crippen molar-refractivity contribution in [1.29, 1.82) is 5.26 Å². The van der Waals surface area contributed by atoms with Crippen LogP contribution in [0, 0.1) is 11.3 Å². The first-order chi connectivity index (χ1) is 13.1. The van der Waals surface area contributed by atoms with Crippen LogP contribution in [-0.4, -0.2) is 18.0 Å². The van der Waals surface area contributed by atoms with Crippen LogP contribution in [-0.2, 0) is 0 Å². The molecule has 0 amide bonds. The molecule has 27 heavy (non-hydrogen) atoms. The Bertz CT molecular complexity index is 989. The molecule has 0 aliphatic heterocycles. The van der Waals surface area contributed by atoms with E-state index < -0.39 is 0 Å². The summed E-state index contributed by atoms with van der Waals surface area (Å²) in [5.74, 6) is 0. The second-order valence-electron chi connectivity index (χ2n) is 5.88. The quantitative estimate of drug-likeness (QED) is 0.560. The van der Waals surface area contributed by atoms with Crippen LogP contribution in [0.1, 0.15) is 25.6 Å². The molecule has 1 aromatic carbocycles. The van der Waals surface area contributed by atoms with Gasteiger partial charge in [0.1, 0.15) is 11.0 Å². The predicted molar refractivity (Wildman–Crippen MR) is 121 cm³/mol. The molecular weight excluding hydrogens is 370 g/mol. The zero-order chi connectivity index (χ0) is 19.8. The van der Waals surface area contributed by atoms with Crippen molar-refractivity contribution in [3.05, 3.63) is 62.3 Å². The summed E-state index contributed by atoms with van der Waals surface area (Å²) in [7, 11) is 0. The Balaban J connectivity index is 2.37. The van der Waals surface area contributed by atoms with Gasteiger partial charge in [0.05, 0.1) is 0 Å². The number of nitrogens with two attached hydrogens (primary N) is 1. The van der Waals surface area contributed by atoms with Gasteiger partial charge in [-0.15, -0.1) is 11.3 Å². The molecule has 2 rings (SSSR count). The van der Waals surface area contributed by atoms with E-state index in [1.54, 1.807) is 11.3 Å². The summed E-state index contributed by atoms with van der Waals surface area (Å²) in [6, 6.07) is 12.5. The molecule has 0 atom stereocenters. The van der Waals surface area contributed by atoms with E-state index in [1.165, 1.54) is 5.70 Å². The summed E-state index contributed by atoms with van der Waals surface area (Å²) in [6.07, 6.45) is 6.15. The van der Waals surface area contributed by atoms with Crippen molar-refractivity contribution >= 4 is 42.0 Å². The molecule has 0 spiro atoms. The molecular formula is C22H25N3S2. The summed E-state index contributed by atoms with van der Waals surface area (Å²) >= 11 is 2.61. The molecule has 0 bridgehead atoms. The van der Waals surface area contributed by atoms with Crippen LogP contribution in [0.5, 0.6) is 0 Å². The molecule has 0 aliphatic rings. The fourth-order valence-corrected chi connectivity index (χ4v) is 4.08. The fourth-order valence-electron chi connectivity index (χ4n) is 2.81. The Morgan fingerprint density at radius 3 is 2.59 bits per heavy atom. The van der Waals surface area contributed by atoms with Gasteiger partial charge < -0.3 is 4.90 Å². The first-order valence-electron chi connectivity index (χ1n) is 8.86. The molecule has 0 radical (unpaired) electrons. The molecule has 2 N–H and O–H groups in total. The van der Waals surface area contributed by atoms with Gasteiger partial charge in [-0.05, 0) is 79.1 Å². The maximum absolute atomic E-state index is 9.01. The second-order valence-corrected chi connectivity index (χ2v) is 7.67. The summed E-state index contributed by atoms with van der Waals surface area (Å²) in [5.41, 5.74) is 2.34. The number of rotatable bonds is 7. The molecule has 0 fully saturated rings. The second kappa shape index (κ2) is 10.2. The monoisotopic (exact) mass is 395 g/mol. The molecule has 1 aromatic heterocycles. The first kappa shape index (κ1) is 21.0. The first-order valence-corrected chi connectivity index (χ1v) is 10.6. The van der Waals surface area contributed by atoms with Crippen LogP contribution in [0.15, 0.2) is 47.0 Å². The number of hydrogen-bond donors (Lipinski definition) is 1. The largest absolute Gasteiger partial charge is 0.372 e. The van der Waals surface area contributed by atoms with E-state index in [4.69, 9.17) is 10.4 Å². The van der Waals surface area contributed by atoms with E-state index in [0.717, 1.165) is 50.8 Å². The molecule has 3 nitrogen and oxygen atoms in total. The number of allylic oxidation sites excluding steroid dienone is 3. The van der Waals surface area contributed by atoms with Crippen molar-refractivity contribution in [1.82, 2.24) is 4.90 Å².